The summed E-state index contributed by atoms with van der Waals surface area (Å²) in [6.45, 7) is 7.04. The molecular formula is C19H31BrN4O. The van der Waals surface area contributed by atoms with E-state index >= 15 is 0 Å². The van der Waals surface area contributed by atoms with Crippen LogP contribution in [0.1, 0.15) is 37.9 Å². The molecule has 2 rings (SSSR count). The molecule has 0 bridgehead atoms. The van der Waals surface area contributed by atoms with Gasteiger partial charge in [0.1, 0.15) is 6.04 Å². The number of likely N-dealkylation sites (N-methyl/N-ethyl adjacent to an activating group) is 1. The zero-order valence-electron chi connectivity index (χ0n) is 15.8. The second-order valence-corrected chi connectivity index (χ2v) is 8.36. The average Bonchev–Trinajstić information content (AvgIpc) is 2.97. The summed E-state index contributed by atoms with van der Waals surface area (Å²) in [4.78, 5) is 14.8. The third kappa shape index (κ3) is 5.03. The number of nitrogens with one attached hydrogen (secondary N) is 3. The van der Waals surface area contributed by atoms with Crippen LogP contribution in [0.25, 0.3) is 0 Å². The Labute approximate surface area is 160 Å². The lowest BCUT2D eigenvalue weighted by Gasteiger charge is -2.26. The Bertz CT molecular complexity index is 561. The maximum absolute atomic E-state index is 12.6. The van der Waals surface area contributed by atoms with E-state index in [9.17, 15) is 4.79 Å². The van der Waals surface area contributed by atoms with Gasteiger partial charge in [-0.05, 0) is 37.6 Å². The van der Waals surface area contributed by atoms with Crippen LogP contribution in [0.15, 0.2) is 24.3 Å². The molecule has 1 aromatic rings. The summed E-state index contributed by atoms with van der Waals surface area (Å²) in [5.41, 5.74) is 8.89. The van der Waals surface area contributed by atoms with Crippen LogP contribution >= 0.6 is 15.9 Å². The van der Waals surface area contributed by atoms with Crippen LogP contribution in [0.3, 0.4) is 0 Å². The average molecular weight is 411 g/mol. The fraction of sp³-hybridized carbons (Fsp3) is 0.632. The van der Waals surface area contributed by atoms with Crippen LogP contribution in [0.2, 0.25) is 0 Å². The SMILES string of the molecule is CCc1ccc(C(CNC(=O)C2NNC(C(C)C)C2Br)N(C)C)cc1. The second kappa shape index (κ2) is 9.12. The molecule has 140 valence electrons. The van der Waals surface area contributed by atoms with Crippen LogP contribution in [0.5, 0.6) is 0 Å². The lowest BCUT2D eigenvalue weighted by atomic mass is 9.99. The Morgan fingerprint density at radius 3 is 2.36 bits per heavy atom. The van der Waals surface area contributed by atoms with Crippen molar-refractivity contribution in [3.05, 3.63) is 35.4 Å². The summed E-state index contributed by atoms with van der Waals surface area (Å²) in [5, 5.41) is 3.11. The Morgan fingerprint density at radius 2 is 1.88 bits per heavy atom. The van der Waals surface area contributed by atoms with Crippen molar-refractivity contribution in [1.82, 2.24) is 21.1 Å². The van der Waals surface area contributed by atoms with Crippen molar-refractivity contribution in [1.29, 1.82) is 0 Å². The standard InChI is InChI=1S/C19H31BrN4O/c1-6-13-7-9-14(10-8-13)15(24(4)5)11-21-19(25)18-16(20)17(12(2)3)22-23-18/h7-10,12,15-18,22-23H,6,11H2,1-5H3,(H,21,25). The van der Waals surface area contributed by atoms with Gasteiger partial charge < -0.3 is 10.2 Å². The van der Waals surface area contributed by atoms with Gasteiger partial charge in [-0.25, -0.2) is 5.43 Å². The minimum Gasteiger partial charge on any atom is -0.353 e. The number of rotatable bonds is 7. The first-order valence-corrected chi connectivity index (χ1v) is 9.94. The molecule has 0 spiro atoms. The van der Waals surface area contributed by atoms with Crippen molar-refractivity contribution in [2.75, 3.05) is 20.6 Å². The largest absolute Gasteiger partial charge is 0.353 e. The van der Waals surface area contributed by atoms with Crippen molar-refractivity contribution in [3.8, 4) is 0 Å². The normalized spacial score (nSPS) is 24.7. The van der Waals surface area contributed by atoms with E-state index in [2.05, 4.69) is 82.0 Å². The van der Waals surface area contributed by atoms with E-state index in [4.69, 9.17) is 0 Å². The van der Waals surface area contributed by atoms with Crippen molar-refractivity contribution in [2.24, 2.45) is 5.92 Å². The molecule has 5 nitrogen and oxygen atoms in total. The molecule has 1 amide bonds. The Balaban J connectivity index is 1.97. The fourth-order valence-corrected chi connectivity index (χ4v) is 4.29. The number of amides is 1. The molecule has 1 fully saturated rings. The van der Waals surface area contributed by atoms with E-state index in [0.717, 1.165) is 6.42 Å². The molecule has 25 heavy (non-hydrogen) atoms. The van der Waals surface area contributed by atoms with Crippen molar-refractivity contribution in [2.45, 2.75) is 50.1 Å². The van der Waals surface area contributed by atoms with Crippen molar-refractivity contribution in [3.63, 3.8) is 0 Å². The smallest absolute Gasteiger partial charge is 0.239 e. The number of hydrogen-bond acceptors (Lipinski definition) is 4. The summed E-state index contributed by atoms with van der Waals surface area (Å²) in [6, 6.07) is 8.77. The molecule has 0 saturated carbocycles. The zero-order chi connectivity index (χ0) is 18.6. The molecule has 1 saturated heterocycles. The predicted octanol–water partition coefficient (Wildman–Crippen LogP) is 2.23. The highest BCUT2D eigenvalue weighted by Gasteiger charge is 2.39. The van der Waals surface area contributed by atoms with E-state index in [1.165, 1.54) is 11.1 Å². The molecule has 4 unspecified atom stereocenters. The Kier molecular flexibility index (Phi) is 7.43. The molecule has 4 atom stereocenters. The maximum Gasteiger partial charge on any atom is 0.239 e. The molecule has 0 aromatic heterocycles. The highest BCUT2D eigenvalue weighted by Crippen LogP contribution is 2.22. The van der Waals surface area contributed by atoms with Gasteiger partial charge in [-0.15, -0.1) is 0 Å². The highest BCUT2D eigenvalue weighted by molar-refractivity contribution is 9.09. The Morgan fingerprint density at radius 1 is 1.24 bits per heavy atom. The number of halogens is 1. The van der Waals surface area contributed by atoms with Crippen LogP contribution in [0.4, 0.5) is 0 Å². The van der Waals surface area contributed by atoms with Gasteiger partial charge in [-0.2, -0.15) is 0 Å². The molecule has 1 aromatic carbocycles. The first kappa shape index (κ1) is 20.4. The van der Waals surface area contributed by atoms with Gasteiger partial charge in [0.15, 0.2) is 0 Å². The number of nitrogens with zero attached hydrogens (tertiary/aromatic N) is 1. The molecule has 1 aliphatic rings. The van der Waals surface area contributed by atoms with Gasteiger partial charge in [0.25, 0.3) is 0 Å². The fourth-order valence-electron chi connectivity index (χ4n) is 3.18. The second-order valence-electron chi connectivity index (χ2n) is 7.30. The first-order chi connectivity index (χ1) is 11.8. The number of alkyl halides is 1. The van der Waals surface area contributed by atoms with E-state index in [1.807, 2.05) is 14.1 Å². The summed E-state index contributed by atoms with van der Waals surface area (Å²) in [6.07, 6.45) is 1.04. The van der Waals surface area contributed by atoms with Crippen LogP contribution in [-0.2, 0) is 11.2 Å². The summed E-state index contributed by atoms with van der Waals surface area (Å²) < 4.78 is 0. The maximum atomic E-state index is 12.6. The van der Waals surface area contributed by atoms with Crippen molar-refractivity contribution >= 4 is 21.8 Å². The van der Waals surface area contributed by atoms with Crippen LogP contribution in [0, 0.1) is 5.92 Å². The molecule has 3 N–H and O–H groups in total. The first-order valence-electron chi connectivity index (χ1n) is 9.03. The van der Waals surface area contributed by atoms with Crippen molar-refractivity contribution < 1.29 is 4.79 Å². The van der Waals surface area contributed by atoms with E-state index in [-0.39, 0.29) is 28.9 Å². The molecule has 1 heterocycles. The minimum atomic E-state index is -0.266. The Hall–Kier alpha value is -0.950. The van der Waals surface area contributed by atoms with E-state index < -0.39 is 0 Å². The number of carbonyl (C=O) groups excluding carboxylic acids is 1. The van der Waals surface area contributed by atoms with Gasteiger partial charge in [-0.3, -0.25) is 10.2 Å². The number of benzene rings is 1. The van der Waals surface area contributed by atoms with Gasteiger partial charge >= 0.3 is 0 Å². The van der Waals surface area contributed by atoms with Gasteiger partial charge in [0.05, 0.1) is 10.9 Å². The third-order valence-corrected chi connectivity index (χ3v) is 6.03. The topological polar surface area (TPSA) is 56.4 Å². The third-order valence-electron chi connectivity index (χ3n) is 4.93. The van der Waals surface area contributed by atoms with E-state index in [0.29, 0.717) is 12.5 Å². The monoisotopic (exact) mass is 410 g/mol. The van der Waals surface area contributed by atoms with Gasteiger partial charge in [0.2, 0.25) is 5.91 Å². The molecular weight excluding hydrogens is 380 g/mol. The van der Waals surface area contributed by atoms with Crippen LogP contribution in [-0.4, -0.2) is 48.4 Å². The lowest BCUT2D eigenvalue weighted by molar-refractivity contribution is -0.122. The van der Waals surface area contributed by atoms with Gasteiger partial charge in [0, 0.05) is 12.6 Å². The molecule has 0 aliphatic carbocycles. The number of hydrogen-bond donors (Lipinski definition) is 3. The highest BCUT2D eigenvalue weighted by atomic mass is 79.9. The quantitative estimate of drug-likeness (QED) is 0.603. The minimum absolute atomic E-state index is 0.0227. The van der Waals surface area contributed by atoms with E-state index in [1.54, 1.807) is 0 Å². The summed E-state index contributed by atoms with van der Waals surface area (Å²) in [7, 11) is 4.09. The van der Waals surface area contributed by atoms with Gasteiger partial charge in [-0.1, -0.05) is 61.0 Å². The van der Waals surface area contributed by atoms with Crippen LogP contribution < -0.4 is 16.2 Å². The predicted molar refractivity (Wildman–Crippen MR) is 107 cm³/mol. The molecule has 0 radical (unpaired) electrons. The molecule has 6 heteroatoms. The summed E-state index contributed by atoms with van der Waals surface area (Å²) >= 11 is 3.67. The number of carbonyl (C=O) groups is 1. The summed E-state index contributed by atoms with van der Waals surface area (Å²) in [5.74, 6) is 0.468. The molecule has 1 aliphatic heterocycles. The zero-order valence-corrected chi connectivity index (χ0v) is 17.4. The number of hydrazine groups is 1. The number of aryl methyl sites for hydroxylation is 1. The lowest BCUT2D eigenvalue weighted by Crippen LogP contribution is -2.47.